The SMILES string of the molecule is C[C@@H](C=Cc1cnc(Oc2ccc(OCC3CC3)cc2Cl)s1)NC(=O)c1cccc2c1CNC2=O. The Morgan fingerprint density at radius 1 is 1.34 bits per heavy atom. The van der Waals surface area contributed by atoms with Gasteiger partial charge in [-0.2, -0.15) is 0 Å². The highest BCUT2D eigenvalue weighted by atomic mass is 35.5. The van der Waals surface area contributed by atoms with Crippen molar-refractivity contribution >= 4 is 40.8 Å². The van der Waals surface area contributed by atoms with Gasteiger partial charge in [0.1, 0.15) is 11.5 Å². The van der Waals surface area contributed by atoms with E-state index in [1.165, 1.54) is 24.2 Å². The van der Waals surface area contributed by atoms with Crippen molar-refractivity contribution in [1.82, 2.24) is 15.6 Å². The van der Waals surface area contributed by atoms with Crippen LogP contribution in [-0.2, 0) is 6.54 Å². The second-order valence-corrected chi connectivity index (χ2v) is 10.0. The first-order valence-electron chi connectivity index (χ1n) is 11.4. The van der Waals surface area contributed by atoms with Crippen molar-refractivity contribution in [3.05, 3.63) is 75.3 Å². The molecule has 1 aliphatic carbocycles. The van der Waals surface area contributed by atoms with Gasteiger partial charge in [-0.3, -0.25) is 9.59 Å². The summed E-state index contributed by atoms with van der Waals surface area (Å²) in [7, 11) is 0. The highest BCUT2D eigenvalue weighted by Crippen LogP contribution is 2.35. The Bertz CT molecular complexity index is 1300. The number of hydrogen-bond donors (Lipinski definition) is 2. The molecule has 7 nitrogen and oxygen atoms in total. The number of hydrogen-bond acceptors (Lipinski definition) is 6. The zero-order chi connectivity index (χ0) is 24.4. The molecule has 1 aliphatic heterocycles. The van der Waals surface area contributed by atoms with Crippen molar-refractivity contribution in [1.29, 1.82) is 0 Å². The van der Waals surface area contributed by atoms with Crippen LogP contribution < -0.4 is 20.1 Å². The molecule has 0 unspecified atom stereocenters. The number of rotatable bonds is 9. The number of aromatic nitrogens is 1. The Morgan fingerprint density at radius 3 is 3.00 bits per heavy atom. The summed E-state index contributed by atoms with van der Waals surface area (Å²) in [6.45, 7) is 2.97. The van der Waals surface area contributed by atoms with Crippen LogP contribution in [0, 0.1) is 5.92 Å². The minimum atomic E-state index is -0.229. The summed E-state index contributed by atoms with van der Waals surface area (Å²) in [5, 5.41) is 6.63. The van der Waals surface area contributed by atoms with E-state index in [-0.39, 0.29) is 17.9 Å². The molecule has 0 radical (unpaired) electrons. The molecule has 0 bridgehead atoms. The molecule has 1 atom stereocenters. The molecule has 2 amide bonds. The molecular formula is C26H24ClN3O4S. The fourth-order valence-electron chi connectivity index (χ4n) is 3.68. The van der Waals surface area contributed by atoms with Gasteiger partial charge in [0, 0.05) is 36.0 Å². The first-order valence-corrected chi connectivity index (χ1v) is 12.6. The van der Waals surface area contributed by atoms with Gasteiger partial charge in [-0.15, -0.1) is 0 Å². The van der Waals surface area contributed by atoms with E-state index in [1.54, 1.807) is 36.5 Å². The zero-order valence-corrected chi connectivity index (χ0v) is 20.6. The summed E-state index contributed by atoms with van der Waals surface area (Å²) in [6, 6.07) is 10.3. The first kappa shape index (κ1) is 23.4. The molecule has 2 N–H and O–H groups in total. The molecule has 9 heteroatoms. The van der Waals surface area contributed by atoms with E-state index in [9.17, 15) is 9.59 Å². The van der Waals surface area contributed by atoms with Crippen LogP contribution in [0.3, 0.4) is 0 Å². The third-order valence-corrected chi connectivity index (χ3v) is 6.92. The van der Waals surface area contributed by atoms with Gasteiger partial charge in [-0.1, -0.05) is 35.1 Å². The Balaban J connectivity index is 1.17. The number of halogens is 1. The second-order valence-electron chi connectivity index (χ2n) is 8.61. The summed E-state index contributed by atoms with van der Waals surface area (Å²) in [5.74, 6) is 1.55. The van der Waals surface area contributed by atoms with Crippen LogP contribution >= 0.6 is 22.9 Å². The normalized spacial score (nSPS) is 15.5. The van der Waals surface area contributed by atoms with Gasteiger partial charge in [0.25, 0.3) is 17.0 Å². The van der Waals surface area contributed by atoms with Gasteiger partial charge in [0.2, 0.25) is 0 Å². The molecule has 2 aromatic carbocycles. The van der Waals surface area contributed by atoms with Gasteiger partial charge in [0.05, 0.1) is 16.5 Å². The molecule has 35 heavy (non-hydrogen) atoms. The third kappa shape index (κ3) is 5.66. The standard InChI is InChI=1S/C26H24ClN3O4S/c1-15(30-25(32)20-4-2-3-19-21(20)13-28-24(19)31)5-9-18-12-29-26(35-18)34-23-10-8-17(11-22(23)27)33-14-16-6-7-16/h2-5,8-12,15-16H,6-7,13-14H2,1H3,(H,28,31)(H,30,32)/t15-/m0/s1. The van der Waals surface area contributed by atoms with Gasteiger partial charge >= 0.3 is 0 Å². The molecule has 3 aromatic rings. The monoisotopic (exact) mass is 509 g/mol. The summed E-state index contributed by atoms with van der Waals surface area (Å²) < 4.78 is 11.6. The van der Waals surface area contributed by atoms with Crippen molar-refractivity contribution in [3.8, 4) is 16.7 Å². The summed E-state index contributed by atoms with van der Waals surface area (Å²) in [6.07, 6.45) is 7.92. The molecule has 1 fully saturated rings. The van der Waals surface area contributed by atoms with Crippen molar-refractivity contribution in [2.24, 2.45) is 5.92 Å². The number of carbonyl (C=O) groups is 2. The van der Waals surface area contributed by atoms with E-state index in [0.717, 1.165) is 22.8 Å². The topological polar surface area (TPSA) is 89.6 Å². The summed E-state index contributed by atoms with van der Waals surface area (Å²) >= 11 is 7.73. The van der Waals surface area contributed by atoms with E-state index in [4.69, 9.17) is 21.1 Å². The average Bonchev–Trinajstić information content (AvgIpc) is 3.45. The molecule has 5 rings (SSSR count). The molecule has 2 aliphatic rings. The van der Waals surface area contributed by atoms with Crippen LogP contribution in [0.15, 0.2) is 48.7 Å². The Kier molecular flexibility index (Phi) is 6.74. The van der Waals surface area contributed by atoms with E-state index in [1.807, 2.05) is 25.1 Å². The number of carbonyl (C=O) groups excluding carboxylic acids is 2. The van der Waals surface area contributed by atoms with Gasteiger partial charge in [0.15, 0.2) is 0 Å². The predicted molar refractivity (Wildman–Crippen MR) is 135 cm³/mol. The number of nitrogens with zero attached hydrogens (tertiary/aromatic N) is 1. The van der Waals surface area contributed by atoms with Crippen molar-refractivity contribution in [2.45, 2.75) is 32.4 Å². The number of nitrogens with one attached hydrogen (secondary N) is 2. The highest BCUT2D eigenvalue weighted by molar-refractivity contribution is 7.14. The maximum atomic E-state index is 12.7. The summed E-state index contributed by atoms with van der Waals surface area (Å²) in [5.41, 5.74) is 1.80. The number of benzene rings is 2. The fraction of sp³-hybridized carbons (Fsp3) is 0.269. The molecule has 1 saturated carbocycles. The molecule has 180 valence electrons. The van der Waals surface area contributed by atoms with Crippen LogP contribution in [0.5, 0.6) is 16.7 Å². The van der Waals surface area contributed by atoms with Crippen molar-refractivity contribution in [2.75, 3.05) is 6.61 Å². The lowest BCUT2D eigenvalue weighted by Crippen LogP contribution is -2.31. The average molecular weight is 510 g/mol. The maximum Gasteiger partial charge on any atom is 0.279 e. The summed E-state index contributed by atoms with van der Waals surface area (Å²) in [4.78, 5) is 29.8. The van der Waals surface area contributed by atoms with Crippen LogP contribution in [0.2, 0.25) is 5.02 Å². The molecular weight excluding hydrogens is 486 g/mol. The molecule has 1 aromatic heterocycles. The lowest BCUT2D eigenvalue weighted by atomic mass is 10.0. The van der Waals surface area contributed by atoms with Crippen molar-refractivity contribution in [3.63, 3.8) is 0 Å². The maximum absolute atomic E-state index is 12.7. The van der Waals surface area contributed by atoms with E-state index < -0.39 is 0 Å². The largest absolute Gasteiger partial charge is 0.493 e. The third-order valence-electron chi connectivity index (χ3n) is 5.78. The number of ether oxygens (including phenoxy) is 2. The molecule has 2 heterocycles. The zero-order valence-electron chi connectivity index (χ0n) is 19.0. The number of amides is 2. The van der Waals surface area contributed by atoms with Crippen LogP contribution in [0.1, 0.15) is 50.9 Å². The molecule has 0 spiro atoms. The van der Waals surface area contributed by atoms with Gasteiger partial charge in [-0.25, -0.2) is 4.98 Å². The lowest BCUT2D eigenvalue weighted by Gasteiger charge is -2.11. The number of fused-ring (bicyclic) bond motifs is 1. The van der Waals surface area contributed by atoms with Crippen molar-refractivity contribution < 1.29 is 19.1 Å². The second kappa shape index (κ2) is 10.1. The van der Waals surface area contributed by atoms with E-state index in [2.05, 4.69) is 15.6 Å². The Morgan fingerprint density at radius 2 is 2.20 bits per heavy atom. The minimum absolute atomic E-state index is 0.148. The lowest BCUT2D eigenvalue weighted by molar-refractivity contribution is 0.0943. The van der Waals surface area contributed by atoms with Gasteiger partial charge < -0.3 is 20.1 Å². The highest BCUT2D eigenvalue weighted by Gasteiger charge is 2.24. The van der Waals surface area contributed by atoms with E-state index >= 15 is 0 Å². The van der Waals surface area contributed by atoms with E-state index in [0.29, 0.717) is 39.6 Å². The van der Waals surface area contributed by atoms with Gasteiger partial charge in [-0.05, 0) is 61.6 Å². The Labute approximate surface area is 212 Å². The fourth-order valence-corrected chi connectivity index (χ4v) is 4.58. The number of thiazole rings is 1. The minimum Gasteiger partial charge on any atom is -0.493 e. The Hall–Kier alpha value is -3.36. The predicted octanol–water partition coefficient (Wildman–Crippen LogP) is 5.45. The van der Waals surface area contributed by atoms with Crippen LogP contribution in [-0.4, -0.2) is 29.4 Å². The first-order chi connectivity index (χ1) is 17.0. The smallest absolute Gasteiger partial charge is 0.279 e. The molecule has 0 saturated heterocycles. The van der Waals surface area contributed by atoms with Crippen LogP contribution in [0.4, 0.5) is 0 Å². The quantitative estimate of drug-likeness (QED) is 0.400. The van der Waals surface area contributed by atoms with Crippen LogP contribution in [0.25, 0.3) is 6.08 Å².